The molecule has 1 aliphatic rings. The standard InChI is InChI=1S/C29H39NO10/c1-33-22-15-19(16-23(34-2)26(22)37-5)11-8-10-14-39-28(31)21-12-7-9-13-30(21)29(32)40-20-17-24(35-3)27(38-6)25(18-20)36-4/h15-18,21H,7-14H2,1-6H3. The van der Waals surface area contributed by atoms with Crippen molar-refractivity contribution < 1.29 is 47.5 Å². The molecule has 0 spiro atoms. The number of hydrogen-bond acceptors (Lipinski definition) is 10. The van der Waals surface area contributed by atoms with Crippen molar-refractivity contribution in [2.45, 2.75) is 44.6 Å². The maximum Gasteiger partial charge on any atom is 0.415 e. The number of ether oxygens (including phenoxy) is 8. The van der Waals surface area contributed by atoms with E-state index in [-0.39, 0.29) is 12.4 Å². The molecule has 1 saturated heterocycles. The van der Waals surface area contributed by atoms with Crippen molar-refractivity contribution in [1.82, 2.24) is 4.90 Å². The summed E-state index contributed by atoms with van der Waals surface area (Å²) in [7, 11) is 9.16. The van der Waals surface area contributed by atoms with Crippen LogP contribution in [0.5, 0.6) is 40.2 Å². The van der Waals surface area contributed by atoms with Crippen LogP contribution in [0.3, 0.4) is 0 Å². The van der Waals surface area contributed by atoms with Crippen molar-refractivity contribution in [2.75, 3.05) is 55.8 Å². The monoisotopic (exact) mass is 561 g/mol. The zero-order valence-electron chi connectivity index (χ0n) is 24.1. The molecule has 2 aromatic carbocycles. The smallest absolute Gasteiger partial charge is 0.415 e. The number of carbonyl (C=O) groups excluding carboxylic acids is 2. The molecular weight excluding hydrogens is 522 g/mol. The second-order valence-electron chi connectivity index (χ2n) is 9.09. The summed E-state index contributed by atoms with van der Waals surface area (Å²) in [6.45, 7) is 0.639. The van der Waals surface area contributed by atoms with E-state index in [2.05, 4.69) is 0 Å². The molecule has 1 unspecified atom stereocenters. The molecule has 1 atom stereocenters. The third-order valence-electron chi connectivity index (χ3n) is 6.68. The fraction of sp³-hybridized carbons (Fsp3) is 0.517. The predicted molar refractivity (Wildman–Crippen MR) is 146 cm³/mol. The Labute approximate surface area is 235 Å². The Morgan fingerprint density at radius 2 is 1.30 bits per heavy atom. The van der Waals surface area contributed by atoms with Gasteiger partial charge in [-0.2, -0.15) is 0 Å². The largest absolute Gasteiger partial charge is 0.493 e. The van der Waals surface area contributed by atoms with Crippen LogP contribution in [0.15, 0.2) is 24.3 Å². The first-order chi connectivity index (χ1) is 19.4. The van der Waals surface area contributed by atoms with Crippen LogP contribution in [0.4, 0.5) is 4.79 Å². The molecule has 0 saturated carbocycles. The van der Waals surface area contributed by atoms with Crippen LogP contribution >= 0.6 is 0 Å². The van der Waals surface area contributed by atoms with Gasteiger partial charge in [0.15, 0.2) is 23.0 Å². The number of amides is 1. The van der Waals surface area contributed by atoms with E-state index in [0.717, 1.165) is 31.2 Å². The van der Waals surface area contributed by atoms with Gasteiger partial charge in [-0.1, -0.05) is 0 Å². The van der Waals surface area contributed by atoms with Crippen molar-refractivity contribution in [3.05, 3.63) is 29.8 Å². The first-order valence-electron chi connectivity index (χ1n) is 13.1. The Bertz CT molecular complexity index is 1100. The lowest BCUT2D eigenvalue weighted by molar-refractivity contribution is -0.150. The number of unbranched alkanes of at least 4 members (excludes halogenated alkanes) is 1. The van der Waals surface area contributed by atoms with Crippen LogP contribution in [0.1, 0.15) is 37.7 Å². The Hall–Kier alpha value is -4.02. The molecule has 2 aromatic rings. The van der Waals surface area contributed by atoms with E-state index in [0.29, 0.717) is 53.9 Å². The van der Waals surface area contributed by atoms with Crippen LogP contribution in [-0.2, 0) is 16.0 Å². The highest BCUT2D eigenvalue weighted by molar-refractivity contribution is 5.82. The van der Waals surface area contributed by atoms with Gasteiger partial charge in [-0.3, -0.25) is 4.90 Å². The molecule has 0 aliphatic carbocycles. The number of hydrogen-bond donors (Lipinski definition) is 0. The van der Waals surface area contributed by atoms with Crippen LogP contribution in [0.2, 0.25) is 0 Å². The number of carbonyl (C=O) groups is 2. The fourth-order valence-corrected chi connectivity index (χ4v) is 4.65. The number of likely N-dealkylation sites (tertiary alicyclic amines) is 1. The van der Waals surface area contributed by atoms with E-state index in [1.54, 1.807) is 21.3 Å². The molecule has 11 heteroatoms. The van der Waals surface area contributed by atoms with Gasteiger partial charge in [0.1, 0.15) is 11.8 Å². The van der Waals surface area contributed by atoms with Crippen molar-refractivity contribution in [3.8, 4) is 40.2 Å². The lowest BCUT2D eigenvalue weighted by atomic mass is 10.0. The normalized spacial score (nSPS) is 14.7. The average molecular weight is 562 g/mol. The Morgan fingerprint density at radius 1 is 0.750 bits per heavy atom. The van der Waals surface area contributed by atoms with Gasteiger partial charge in [0, 0.05) is 18.7 Å². The third-order valence-corrected chi connectivity index (χ3v) is 6.68. The van der Waals surface area contributed by atoms with Crippen LogP contribution in [0.25, 0.3) is 0 Å². The van der Waals surface area contributed by atoms with Gasteiger partial charge in [0.25, 0.3) is 0 Å². The minimum atomic E-state index is -0.710. The molecule has 0 bridgehead atoms. The van der Waals surface area contributed by atoms with Gasteiger partial charge in [-0.15, -0.1) is 0 Å². The summed E-state index contributed by atoms with van der Waals surface area (Å²) in [4.78, 5) is 27.4. The van der Waals surface area contributed by atoms with E-state index < -0.39 is 18.1 Å². The van der Waals surface area contributed by atoms with Crippen LogP contribution in [-0.4, -0.2) is 78.8 Å². The highest BCUT2D eigenvalue weighted by Crippen LogP contribution is 2.41. The summed E-state index contributed by atoms with van der Waals surface area (Å²) in [5.74, 6) is 2.60. The molecule has 1 heterocycles. The molecule has 1 amide bonds. The second-order valence-corrected chi connectivity index (χ2v) is 9.09. The van der Waals surface area contributed by atoms with E-state index in [1.807, 2.05) is 12.1 Å². The second kappa shape index (κ2) is 14.9. The third kappa shape index (κ3) is 7.34. The molecule has 40 heavy (non-hydrogen) atoms. The maximum absolute atomic E-state index is 13.1. The summed E-state index contributed by atoms with van der Waals surface area (Å²) in [5, 5.41) is 0. The van der Waals surface area contributed by atoms with E-state index in [1.165, 1.54) is 38.4 Å². The van der Waals surface area contributed by atoms with Gasteiger partial charge in [0.2, 0.25) is 11.5 Å². The number of esters is 1. The zero-order chi connectivity index (χ0) is 29.1. The Morgan fingerprint density at radius 3 is 1.82 bits per heavy atom. The number of methoxy groups -OCH3 is 6. The van der Waals surface area contributed by atoms with Crippen LogP contribution in [0, 0.1) is 0 Å². The minimum absolute atomic E-state index is 0.212. The molecule has 0 aromatic heterocycles. The molecule has 3 rings (SSSR count). The number of benzene rings is 2. The fourth-order valence-electron chi connectivity index (χ4n) is 4.65. The summed E-state index contributed by atoms with van der Waals surface area (Å²) in [6.07, 6.45) is 3.63. The number of nitrogens with zero attached hydrogens (tertiary/aromatic N) is 1. The van der Waals surface area contributed by atoms with E-state index in [9.17, 15) is 9.59 Å². The Kier molecular flexibility index (Phi) is 11.4. The quantitative estimate of drug-likeness (QED) is 0.253. The minimum Gasteiger partial charge on any atom is -0.493 e. The molecule has 0 N–H and O–H groups in total. The van der Waals surface area contributed by atoms with Crippen molar-refractivity contribution in [1.29, 1.82) is 0 Å². The molecular formula is C29H39NO10. The van der Waals surface area contributed by atoms with Gasteiger partial charge in [0.05, 0.1) is 49.3 Å². The van der Waals surface area contributed by atoms with Gasteiger partial charge < -0.3 is 37.9 Å². The zero-order valence-corrected chi connectivity index (χ0v) is 24.1. The van der Waals surface area contributed by atoms with Gasteiger partial charge in [-0.25, -0.2) is 9.59 Å². The summed E-state index contributed by atoms with van der Waals surface area (Å²) < 4.78 is 43.3. The summed E-state index contributed by atoms with van der Waals surface area (Å²) in [5.41, 5.74) is 1.02. The lowest BCUT2D eigenvalue weighted by Gasteiger charge is -2.33. The number of rotatable bonds is 13. The average Bonchev–Trinajstić information content (AvgIpc) is 2.99. The number of piperidine rings is 1. The highest BCUT2D eigenvalue weighted by atomic mass is 16.6. The lowest BCUT2D eigenvalue weighted by Crippen LogP contribution is -2.49. The molecule has 1 aliphatic heterocycles. The summed E-state index contributed by atoms with van der Waals surface area (Å²) >= 11 is 0. The first-order valence-corrected chi connectivity index (χ1v) is 13.1. The van der Waals surface area contributed by atoms with Gasteiger partial charge >= 0.3 is 12.1 Å². The molecule has 220 valence electrons. The van der Waals surface area contributed by atoms with Crippen molar-refractivity contribution >= 4 is 12.1 Å². The van der Waals surface area contributed by atoms with Crippen LogP contribution < -0.4 is 33.2 Å². The number of aryl methyl sites for hydroxylation is 1. The van der Waals surface area contributed by atoms with Gasteiger partial charge in [-0.05, 0) is 56.2 Å². The maximum atomic E-state index is 13.1. The molecule has 0 radical (unpaired) electrons. The molecule has 11 nitrogen and oxygen atoms in total. The van der Waals surface area contributed by atoms with Crippen molar-refractivity contribution in [2.24, 2.45) is 0 Å². The SMILES string of the molecule is COc1cc(CCCCOC(=O)C2CCCCN2C(=O)Oc2cc(OC)c(OC)c(OC)c2)cc(OC)c1OC. The topological polar surface area (TPSA) is 111 Å². The summed E-state index contributed by atoms with van der Waals surface area (Å²) in [6, 6.07) is 6.17. The van der Waals surface area contributed by atoms with E-state index >= 15 is 0 Å². The molecule has 1 fully saturated rings. The highest BCUT2D eigenvalue weighted by Gasteiger charge is 2.35. The first kappa shape index (κ1) is 30.5. The van der Waals surface area contributed by atoms with Crippen molar-refractivity contribution in [3.63, 3.8) is 0 Å². The van der Waals surface area contributed by atoms with E-state index in [4.69, 9.17) is 37.9 Å². The Balaban J connectivity index is 1.55. The predicted octanol–water partition coefficient (Wildman–Crippen LogP) is 4.66.